The highest BCUT2D eigenvalue weighted by Gasteiger charge is 2.26. The smallest absolute Gasteiger partial charge is 0.271 e. The van der Waals surface area contributed by atoms with Crippen molar-refractivity contribution >= 4 is 23.6 Å². The van der Waals surface area contributed by atoms with Crippen molar-refractivity contribution in [2.75, 3.05) is 0 Å². The molecule has 0 saturated carbocycles. The highest BCUT2D eigenvalue weighted by molar-refractivity contribution is 7.99. The molecule has 6 heteroatoms. The molecule has 2 aromatic rings. The van der Waals surface area contributed by atoms with Gasteiger partial charge in [-0.05, 0) is 31.5 Å². The van der Waals surface area contributed by atoms with Crippen molar-refractivity contribution in [3.63, 3.8) is 0 Å². The zero-order valence-electron chi connectivity index (χ0n) is 14.7. The number of aryl methyl sites for hydroxylation is 1. The highest BCUT2D eigenvalue weighted by Crippen LogP contribution is 2.19. The van der Waals surface area contributed by atoms with Gasteiger partial charge in [-0.25, -0.2) is 0 Å². The van der Waals surface area contributed by atoms with Gasteiger partial charge in [0.15, 0.2) is 0 Å². The van der Waals surface area contributed by atoms with E-state index in [1.165, 1.54) is 11.1 Å². The van der Waals surface area contributed by atoms with E-state index in [1.807, 2.05) is 6.07 Å². The van der Waals surface area contributed by atoms with E-state index in [-0.39, 0.29) is 23.0 Å². The first-order chi connectivity index (χ1) is 12.5. The van der Waals surface area contributed by atoms with E-state index in [2.05, 4.69) is 47.1 Å². The van der Waals surface area contributed by atoms with E-state index in [1.54, 1.807) is 43.0 Å². The Morgan fingerprint density at radius 3 is 2.38 bits per heavy atom. The first-order valence-corrected chi connectivity index (χ1v) is 9.39. The molecular weight excluding hydrogens is 346 g/mol. The van der Waals surface area contributed by atoms with Crippen molar-refractivity contribution in [1.82, 2.24) is 16.0 Å². The Kier molecular flexibility index (Phi) is 5.63. The summed E-state index contributed by atoms with van der Waals surface area (Å²) in [4.78, 5) is 24.7. The average molecular weight is 367 g/mol. The molecule has 0 fully saturated rings. The molecule has 2 aromatic carbocycles. The molecule has 3 rings (SSSR count). The second-order valence-corrected chi connectivity index (χ2v) is 7.21. The minimum Gasteiger partial charge on any atom is -0.359 e. The van der Waals surface area contributed by atoms with Gasteiger partial charge in [-0.2, -0.15) is 0 Å². The average Bonchev–Trinajstić information content (AvgIpc) is 2.65. The number of carbonyl (C=O) groups is 2. The quantitative estimate of drug-likeness (QED) is 0.760. The first-order valence-electron chi connectivity index (χ1n) is 8.35. The molecule has 5 nitrogen and oxygen atoms in total. The third-order valence-corrected chi connectivity index (χ3v) is 5.09. The van der Waals surface area contributed by atoms with Gasteiger partial charge in [0.25, 0.3) is 11.8 Å². The summed E-state index contributed by atoms with van der Waals surface area (Å²) < 4.78 is 0. The second-order valence-electron chi connectivity index (χ2n) is 6.11. The Bertz CT molecular complexity index is 832. The summed E-state index contributed by atoms with van der Waals surface area (Å²) in [5.41, 5.74) is 3.60. The van der Waals surface area contributed by atoms with E-state index in [0.717, 1.165) is 5.75 Å². The minimum atomic E-state index is -0.303. The molecule has 1 heterocycles. The number of thioether (sulfide) groups is 1. The van der Waals surface area contributed by atoms with Crippen LogP contribution in [0.3, 0.4) is 0 Å². The van der Waals surface area contributed by atoms with Crippen LogP contribution in [0.5, 0.6) is 0 Å². The van der Waals surface area contributed by atoms with E-state index >= 15 is 0 Å². The maximum atomic E-state index is 12.4. The molecule has 1 aliphatic rings. The fourth-order valence-corrected chi connectivity index (χ4v) is 3.54. The Balaban J connectivity index is 1.61. The molecule has 134 valence electrons. The monoisotopic (exact) mass is 367 g/mol. The van der Waals surface area contributed by atoms with Gasteiger partial charge in [0.05, 0.1) is 0 Å². The number of benzene rings is 2. The lowest BCUT2D eigenvalue weighted by Gasteiger charge is -2.28. The molecule has 0 radical (unpaired) electrons. The van der Waals surface area contributed by atoms with Crippen LogP contribution < -0.4 is 16.0 Å². The predicted molar refractivity (Wildman–Crippen MR) is 104 cm³/mol. The molecule has 0 bridgehead atoms. The van der Waals surface area contributed by atoms with Crippen molar-refractivity contribution in [1.29, 1.82) is 0 Å². The number of nitrogens with one attached hydrogen (secondary N) is 3. The van der Waals surface area contributed by atoms with Gasteiger partial charge in [0.2, 0.25) is 0 Å². The summed E-state index contributed by atoms with van der Waals surface area (Å²) in [5.74, 6) is 0.187. The lowest BCUT2D eigenvalue weighted by molar-refractivity contribution is -0.118. The largest absolute Gasteiger partial charge is 0.359 e. The first kappa shape index (κ1) is 18.1. The van der Waals surface area contributed by atoms with Gasteiger partial charge in [0, 0.05) is 17.0 Å². The molecule has 3 N–H and O–H groups in total. The fraction of sp³-hybridized carbons (Fsp3) is 0.200. The summed E-state index contributed by atoms with van der Waals surface area (Å²) in [7, 11) is 0. The summed E-state index contributed by atoms with van der Waals surface area (Å²) >= 11 is 1.59. The Morgan fingerprint density at radius 1 is 1.04 bits per heavy atom. The van der Waals surface area contributed by atoms with Crippen LogP contribution in [0.1, 0.15) is 28.4 Å². The molecule has 1 aliphatic heterocycles. The maximum Gasteiger partial charge on any atom is 0.271 e. The summed E-state index contributed by atoms with van der Waals surface area (Å²) in [5, 5.41) is 8.80. The molecule has 1 unspecified atom stereocenters. The number of hydrogen-bond donors (Lipinski definition) is 3. The van der Waals surface area contributed by atoms with Crippen molar-refractivity contribution in [2.24, 2.45) is 0 Å². The van der Waals surface area contributed by atoms with Crippen molar-refractivity contribution < 1.29 is 9.59 Å². The van der Waals surface area contributed by atoms with E-state index < -0.39 is 0 Å². The molecule has 0 spiro atoms. The molecule has 0 aliphatic carbocycles. The Morgan fingerprint density at radius 2 is 1.73 bits per heavy atom. The zero-order chi connectivity index (χ0) is 18.5. The van der Waals surface area contributed by atoms with Crippen molar-refractivity contribution in [3.8, 4) is 0 Å². The summed E-state index contributed by atoms with van der Waals surface area (Å²) in [6.45, 7) is 3.85. The number of hydrogen-bond acceptors (Lipinski definition) is 4. The van der Waals surface area contributed by atoms with Crippen molar-refractivity contribution in [3.05, 3.63) is 82.7 Å². The van der Waals surface area contributed by atoms with Crippen LogP contribution >= 0.6 is 11.8 Å². The summed E-state index contributed by atoms with van der Waals surface area (Å²) in [6, 6.07) is 17.1. The van der Waals surface area contributed by atoms with Gasteiger partial charge in [0.1, 0.15) is 11.2 Å². The van der Waals surface area contributed by atoms with Crippen LogP contribution in [-0.2, 0) is 10.5 Å². The van der Waals surface area contributed by atoms with Crippen molar-refractivity contribution in [2.45, 2.75) is 25.1 Å². The van der Waals surface area contributed by atoms with Gasteiger partial charge >= 0.3 is 0 Å². The molecule has 0 saturated heterocycles. The topological polar surface area (TPSA) is 70.2 Å². The number of rotatable bonds is 5. The SMILES string of the molecule is CC1=C(NC(=O)c2ccccc2)C(=O)NC(SCc2ccc(C)cc2)N1. The standard InChI is InChI=1S/C20H21N3O2S/c1-13-8-10-15(11-9-13)12-26-20-21-14(2)17(19(25)23-20)22-18(24)16-6-4-3-5-7-16/h3-11,20-21H,12H2,1-2H3,(H,22,24)(H,23,25). The van der Waals surface area contributed by atoms with E-state index in [4.69, 9.17) is 0 Å². The van der Waals surface area contributed by atoms with Crippen LogP contribution in [0.25, 0.3) is 0 Å². The van der Waals surface area contributed by atoms with Gasteiger partial charge in [-0.1, -0.05) is 48.0 Å². The van der Waals surface area contributed by atoms with Crippen LogP contribution in [0.15, 0.2) is 66.0 Å². The maximum absolute atomic E-state index is 12.4. The number of amides is 2. The van der Waals surface area contributed by atoms with Crippen LogP contribution in [0.2, 0.25) is 0 Å². The second kappa shape index (κ2) is 8.10. The molecule has 2 amide bonds. The van der Waals surface area contributed by atoms with E-state index in [9.17, 15) is 9.59 Å². The van der Waals surface area contributed by atoms with Crippen LogP contribution in [0, 0.1) is 6.92 Å². The zero-order valence-corrected chi connectivity index (χ0v) is 15.5. The van der Waals surface area contributed by atoms with E-state index in [0.29, 0.717) is 11.3 Å². The third-order valence-electron chi connectivity index (χ3n) is 4.02. The highest BCUT2D eigenvalue weighted by atomic mass is 32.2. The van der Waals surface area contributed by atoms with Crippen LogP contribution in [0.4, 0.5) is 0 Å². The molecule has 26 heavy (non-hydrogen) atoms. The molecule has 0 aromatic heterocycles. The lowest BCUT2D eigenvalue weighted by Crippen LogP contribution is -2.51. The van der Waals surface area contributed by atoms with Gasteiger partial charge in [-0.3, -0.25) is 9.59 Å². The van der Waals surface area contributed by atoms with Crippen LogP contribution in [-0.4, -0.2) is 17.3 Å². The Hall–Kier alpha value is -2.73. The number of carbonyl (C=O) groups excluding carboxylic acids is 2. The van der Waals surface area contributed by atoms with Gasteiger partial charge in [-0.15, -0.1) is 11.8 Å². The third kappa shape index (κ3) is 4.46. The summed E-state index contributed by atoms with van der Waals surface area (Å²) in [6.07, 6.45) is 0. The molecule has 1 atom stereocenters. The Labute approximate surface area is 157 Å². The lowest BCUT2D eigenvalue weighted by atomic mass is 10.2. The minimum absolute atomic E-state index is 0.235. The molecular formula is C20H21N3O2S. The fourth-order valence-electron chi connectivity index (χ4n) is 2.54. The number of allylic oxidation sites excluding steroid dienone is 1. The van der Waals surface area contributed by atoms with Gasteiger partial charge < -0.3 is 16.0 Å². The predicted octanol–water partition coefficient (Wildman–Crippen LogP) is 2.89. The normalized spacial score (nSPS) is 16.7.